The number of nitrogens with zero attached hydrogens (tertiary/aromatic N) is 2. The second-order valence-corrected chi connectivity index (χ2v) is 12.5. The number of esters is 1. The molecule has 1 aromatic heterocycles. The molecule has 2 heterocycles. The Bertz CT molecular complexity index is 1280. The van der Waals surface area contributed by atoms with Gasteiger partial charge in [0.25, 0.3) is 0 Å². The van der Waals surface area contributed by atoms with Crippen LogP contribution in [0.25, 0.3) is 0 Å². The molecule has 0 bridgehead atoms. The molecule has 0 spiro atoms. The fraction of sp³-hybridized carbons (Fsp3) is 0.594. The van der Waals surface area contributed by atoms with Crippen molar-refractivity contribution in [2.75, 3.05) is 13.7 Å². The molecule has 1 aromatic carbocycles. The number of ether oxygens (including phenoxy) is 3. The molecule has 1 N–H and O–H groups in total. The number of pyridine rings is 1. The molecule has 0 aliphatic carbocycles. The Morgan fingerprint density at radius 3 is 2.28 bits per heavy atom. The van der Waals surface area contributed by atoms with Crippen molar-refractivity contribution in [3.8, 4) is 5.88 Å². The zero-order chi connectivity index (χ0) is 32.3. The number of benzene rings is 1. The molecule has 4 atom stereocenters. The van der Waals surface area contributed by atoms with Gasteiger partial charge in [-0.05, 0) is 49.3 Å². The minimum absolute atomic E-state index is 0.0444. The summed E-state index contributed by atoms with van der Waals surface area (Å²) >= 11 is 0. The van der Waals surface area contributed by atoms with Crippen molar-refractivity contribution in [3.63, 3.8) is 0 Å². The number of methoxy groups -OCH3 is 1. The van der Waals surface area contributed by atoms with Crippen LogP contribution in [0.4, 0.5) is 18.0 Å². The van der Waals surface area contributed by atoms with E-state index in [9.17, 15) is 22.8 Å². The van der Waals surface area contributed by atoms with E-state index >= 15 is 0 Å². The average molecular weight is 608 g/mol. The van der Waals surface area contributed by atoms with Gasteiger partial charge in [-0.1, -0.05) is 58.9 Å². The first-order valence-electron chi connectivity index (χ1n) is 14.6. The maximum atomic E-state index is 13.9. The van der Waals surface area contributed by atoms with Crippen molar-refractivity contribution in [2.24, 2.45) is 11.3 Å². The Hall–Kier alpha value is -3.34. The third-order valence-electron chi connectivity index (χ3n) is 7.65. The maximum absolute atomic E-state index is 13.9. The predicted octanol–water partition coefficient (Wildman–Crippen LogP) is 6.89. The van der Waals surface area contributed by atoms with E-state index in [2.05, 4.69) is 10.3 Å². The van der Waals surface area contributed by atoms with E-state index in [1.807, 2.05) is 58.9 Å². The topological polar surface area (TPSA) is 90.0 Å². The van der Waals surface area contributed by atoms with Crippen LogP contribution in [0.1, 0.15) is 89.6 Å². The number of amides is 1. The molecule has 0 radical (unpaired) electrons. The number of likely N-dealkylation sites (tertiary alicyclic amines) is 1. The Morgan fingerprint density at radius 1 is 1.09 bits per heavy atom. The summed E-state index contributed by atoms with van der Waals surface area (Å²) in [5.41, 5.74) is 0.500. The highest BCUT2D eigenvalue weighted by molar-refractivity contribution is 5.84. The van der Waals surface area contributed by atoms with Gasteiger partial charge in [0.2, 0.25) is 5.88 Å². The van der Waals surface area contributed by atoms with Crippen LogP contribution >= 0.6 is 0 Å². The van der Waals surface area contributed by atoms with Gasteiger partial charge in [0.15, 0.2) is 0 Å². The quantitative estimate of drug-likeness (QED) is 0.311. The lowest BCUT2D eigenvalue weighted by Gasteiger charge is -2.36. The summed E-state index contributed by atoms with van der Waals surface area (Å²) in [4.78, 5) is 33.0. The van der Waals surface area contributed by atoms with Gasteiger partial charge in [-0.15, -0.1) is 0 Å². The SMILES string of the molecule is CCOC(=O)[C@@H]1[C@@H](C(C)(C)C)[C@H](NCc2cc(C(F)(F)F)cnc2OC)[C@H](c2ccccc2C(C)C)N1C(=O)OC(C)C. The van der Waals surface area contributed by atoms with E-state index in [-0.39, 0.29) is 30.5 Å². The van der Waals surface area contributed by atoms with Crippen LogP contribution in [0.3, 0.4) is 0 Å². The maximum Gasteiger partial charge on any atom is 0.417 e. The van der Waals surface area contributed by atoms with Crippen molar-refractivity contribution in [1.82, 2.24) is 15.2 Å². The molecule has 1 aliphatic heterocycles. The number of nitrogens with one attached hydrogen (secondary N) is 1. The third-order valence-corrected chi connectivity index (χ3v) is 7.65. The Balaban J connectivity index is 2.27. The van der Waals surface area contributed by atoms with E-state index in [0.29, 0.717) is 0 Å². The number of hydrogen-bond acceptors (Lipinski definition) is 7. The first-order valence-corrected chi connectivity index (χ1v) is 14.6. The van der Waals surface area contributed by atoms with Gasteiger partial charge in [-0.25, -0.2) is 14.6 Å². The van der Waals surface area contributed by atoms with Crippen LogP contribution in [0.5, 0.6) is 5.88 Å². The molecule has 1 saturated heterocycles. The van der Waals surface area contributed by atoms with Crippen molar-refractivity contribution in [3.05, 3.63) is 58.8 Å². The highest BCUT2D eigenvalue weighted by Crippen LogP contribution is 2.50. The molecule has 0 unspecified atom stereocenters. The van der Waals surface area contributed by atoms with Crippen molar-refractivity contribution < 1.29 is 37.0 Å². The van der Waals surface area contributed by atoms with Gasteiger partial charge >= 0.3 is 18.2 Å². The summed E-state index contributed by atoms with van der Waals surface area (Å²) in [6, 6.07) is 6.34. The zero-order valence-electron chi connectivity index (χ0n) is 26.4. The Labute approximate surface area is 252 Å². The number of rotatable bonds is 9. The number of carbonyl (C=O) groups is 2. The van der Waals surface area contributed by atoms with E-state index in [1.165, 1.54) is 12.0 Å². The van der Waals surface area contributed by atoms with Crippen LogP contribution in [-0.4, -0.2) is 53.9 Å². The molecule has 0 saturated carbocycles. The highest BCUT2D eigenvalue weighted by Gasteiger charge is 2.59. The van der Waals surface area contributed by atoms with Crippen molar-refractivity contribution in [1.29, 1.82) is 0 Å². The monoisotopic (exact) mass is 607 g/mol. The Morgan fingerprint density at radius 2 is 1.74 bits per heavy atom. The largest absolute Gasteiger partial charge is 0.481 e. The molecule has 3 rings (SSSR count). The lowest BCUT2D eigenvalue weighted by atomic mass is 9.72. The minimum atomic E-state index is -4.60. The molecule has 2 aromatic rings. The number of halogens is 3. The zero-order valence-corrected chi connectivity index (χ0v) is 26.4. The standard InChI is InChI=1S/C32H44F3N3O5/c1-10-42-29(39)27-24(31(6,7)8)25(36-16-20-15-21(32(33,34)35)17-37-28(20)41-9)26(38(27)30(40)43-19(4)5)23-14-12-11-13-22(23)18(2)3/h11-15,17-19,24-27,36H,10,16H2,1-9H3/t24-,25-,26-,27-/m0/s1. The first kappa shape index (κ1) is 34.2. The van der Waals surface area contributed by atoms with Crippen LogP contribution in [0.2, 0.25) is 0 Å². The van der Waals surface area contributed by atoms with E-state index in [0.717, 1.165) is 23.4 Å². The van der Waals surface area contributed by atoms with E-state index in [1.54, 1.807) is 20.8 Å². The van der Waals surface area contributed by atoms with Gasteiger partial charge in [-0.3, -0.25) is 4.90 Å². The summed E-state index contributed by atoms with van der Waals surface area (Å²) in [7, 11) is 1.34. The summed E-state index contributed by atoms with van der Waals surface area (Å²) in [6.45, 7) is 15.2. The lowest BCUT2D eigenvalue weighted by Crippen LogP contribution is -2.49. The van der Waals surface area contributed by atoms with Crippen LogP contribution < -0.4 is 10.1 Å². The fourth-order valence-corrected chi connectivity index (χ4v) is 5.98. The fourth-order valence-electron chi connectivity index (χ4n) is 5.98. The minimum Gasteiger partial charge on any atom is -0.481 e. The summed E-state index contributed by atoms with van der Waals surface area (Å²) in [5, 5.41) is 3.44. The molecule has 1 amide bonds. The van der Waals surface area contributed by atoms with Gasteiger partial charge < -0.3 is 19.5 Å². The second kappa shape index (κ2) is 13.5. The summed E-state index contributed by atoms with van der Waals surface area (Å²) in [5.74, 6) is -0.982. The second-order valence-electron chi connectivity index (χ2n) is 12.5. The van der Waals surface area contributed by atoms with Crippen LogP contribution in [-0.2, 0) is 27.0 Å². The smallest absolute Gasteiger partial charge is 0.417 e. The third kappa shape index (κ3) is 7.60. The van der Waals surface area contributed by atoms with Crippen molar-refractivity contribution in [2.45, 2.75) is 98.3 Å². The number of aromatic nitrogens is 1. The molecule has 43 heavy (non-hydrogen) atoms. The highest BCUT2D eigenvalue weighted by atomic mass is 19.4. The molecule has 1 fully saturated rings. The predicted molar refractivity (Wildman–Crippen MR) is 157 cm³/mol. The lowest BCUT2D eigenvalue weighted by molar-refractivity contribution is -0.151. The molecule has 1 aliphatic rings. The van der Waals surface area contributed by atoms with Gasteiger partial charge in [-0.2, -0.15) is 13.2 Å². The summed E-state index contributed by atoms with van der Waals surface area (Å²) < 4.78 is 57.4. The van der Waals surface area contributed by atoms with Gasteiger partial charge in [0, 0.05) is 30.3 Å². The number of alkyl halides is 3. The number of hydrogen-bond donors (Lipinski definition) is 1. The molecular weight excluding hydrogens is 563 g/mol. The van der Waals surface area contributed by atoms with Gasteiger partial charge in [0.05, 0.1) is 31.4 Å². The molecular formula is C32H44F3N3O5. The van der Waals surface area contributed by atoms with E-state index < -0.39 is 59.4 Å². The Kier molecular flexibility index (Phi) is 10.7. The average Bonchev–Trinajstić information content (AvgIpc) is 3.26. The normalized spacial score (nSPS) is 20.9. The molecule has 11 heteroatoms. The molecule has 238 valence electrons. The van der Waals surface area contributed by atoms with Crippen molar-refractivity contribution >= 4 is 12.1 Å². The van der Waals surface area contributed by atoms with Crippen LogP contribution in [0.15, 0.2) is 36.5 Å². The van der Waals surface area contributed by atoms with E-state index in [4.69, 9.17) is 14.2 Å². The summed E-state index contributed by atoms with van der Waals surface area (Å²) in [6.07, 6.45) is -5.00. The van der Waals surface area contributed by atoms with Gasteiger partial charge in [0.1, 0.15) is 6.04 Å². The number of carbonyl (C=O) groups excluding carboxylic acids is 2. The molecule has 8 nitrogen and oxygen atoms in total. The van der Waals surface area contributed by atoms with Crippen LogP contribution in [0, 0.1) is 11.3 Å². The first-order chi connectivity index (χ1) is 20.0.